The number of nitrogens with two attached hydrogens (primary N) is 1. The molecule has 0 aliphatic heterocycles. The first-order valence-electron chi connectivity index (χ1n) is 12.1. The highest BCUT2D eigenvalue weighted by Gasteiger charge is 2.26. The standard InChI is InChI=1S/C24H41ClFN3O4S/c1-5-10-29(11-6-2)34(31,32)12-8-24(30)33-23(17-28-9-7-18(3)4)22(27)15-19-13-20(25)16-21(26)14-19/h13-14,16,18,22-23,28H,5-12,15,17,27H2,1-4H3/t22-,23+/m0/s1. The van der Waals surface area contributed by atoms with Crippen molar-refractivity contribution in [1.82, 2.24) is 9.62 Å². The van der Waals surface area contributed by atoms with E-state index in [2.05, 4.69) is 19.2 Å². The Hall–Kier alpha value is -1.26. The van der Waals surface area contributed by atoms with Crippen molar-refractivity contribution in [1.29, 1.82) is 0 Å². The van der Waals surface area contributed by atoms with E-state index in [1.54, 1.807) is 6.07 Å². The number of sulfonamides is 1. The average molecular weight is 522 g/mol. The van der Waals surface area contributed by atoms with Crippen molar-refractivity contribution < 1.29 is 22.3 Å². The SMILES string of the molecule is CCCN(CCC)S(=O)(=O)CCC(=O)O[C@H](CNCCC(C)C)[C@@H](N)Cc1cc(F)cc(Cl)c1. The average Bonchev–Trinajstić information content (AvgIpc) is 2.73. The lowest BCUT2D eigenvalue weighted by molar-refractivity contribution is -0.149. The molecule has 0 radical (unpaired) electrons. The van der Waals surface area contributed by atoms with Crippen LogP contribution in [0.3, 0.4) is 0 Å². The topological polar surface area (TPSA) is 102 Å². The fraction of sp³-hybridized carbons (Fsp3) is 0.708. The van der Waals surface area contributed by atoms with Gasteiger partial charge in [-0.1, -0.05) is 39.3 Å². The van der Waals surface area contributed by atoms with Gasteiger partial charge in [0, 0.05) is 30.7 Å². The summed E-state index contributed by atoms with van der Waals surface area (Å²) in [7, 11) is -3.56. The maximum Gasteiger partial charge on any atom is 0.307 e. The van der Waals surface area contributed by atoms with Crippen LogP contribution in [0.4, 0.5) is 4.39 Å². The highest BCUT2D eigenvalue weighted by atomic mass is 35.5. The van der Waals surface area contributed by atoms with Crippen molar-refractivity contribution in [3.63, 3.8) is 0 Å². The first kappa shape index (κ1) is 30.8. The van der Waals surface area contributed by atoms with Crippen molar-refractivity contribution in [3.8, 4) is 0 Å². The van der Waals surface area contributed by atoms with Crippen molar-refractivity contribution in [2.75, 3.05) is 31.9 Å². The molecule has 1 aromatic rings. The molecule has 1 aromatic carbocycles. The zero-order valence-corrected chi connectivity index (χ0v) is 22.4. The molecule has 0 aliphatic carbocycles. The Morgan fingerprint density at radius 2 is 1.85 bits per heavy atom. The van der Waals surface area contributed by atoms with E-state index in [1.807, 2.05) is 13.8 Å². The second-order valence-electron chi connectivity index (χ2n) is 9.03. The van der Waals surface area contributed by atoms with Crippen molar-refractivity contribution in [3.05, 3.63) is 34.6 Å². The summed E-state index contributed by atoms with van der Waals surface area (Å²) in [4.78, 5) is 12.6. The van der Waals surface area contributed by atoms with Crippen LogP contribution in [0.1, 0.15) is 58.9 Å². The van der Waals surface area contributed by atoms with E-state index in [1.165, 1.54) is 16.4 Å². The molecule has 0 bridgehead atoms. The number of benzene rings is 1. The van der Waals surface area contributed by atoms with E-state index >= 15 is 0 Å². The summed E-state index contributed by atoms with van der Waals surface area (Å²) in [6, 6.07) is 3.56. The number of rotatable bonds is 17. The second kappa shape index (κ2) is 15.7. The number of hydrogen-bond donors (Lipinski definition) is 2. The lowest BCUT2D eigenvalue weighted by atomic mass is 10.0. The minimum atomic E-state index is -3.56. The van der Waals surface area contributed by atoms with E-state index in [0.717, 1.165) is 13.0 Å². The van der Waals surface area contributed by atoms with Gasteiger partial charge in [0.1, 0.15) is 11.9 Å². The largest absolute Gasteiger partial charge is 0.459 e. The monoisotopic (exact) mass is 521 g/mol. The molecule has 1 rings (SSSR count). The van der Waals surface area contributed by atoms with E-state index in [9.17, 15) is 17.6 Å². The number of halogens is 2. The summed E-state index contributed by atoms with van der Waals surface area (Å²) in [5.41, 5.74) is 6.94. The van der Waals surface area contributed by atoms with E-state index in [-0.39, 0.29) is 23.6 Å². The molecule has 10 heteroatoms. The Morgan fingerprint density at radius 3 is 2.41 bits per heavy atom. The summed E-state index contributed by atoms with van der Waals surface area (Å²) < 4.78 is 46.0. The fourth-order valence-electron chi connectivity index (χ4n) is 3.51. The molecule has 3 N–H and O–H groups in total. The molecule has 0 amide bonds. The zero-order chi connectivity index (χ0) is 25.7. The van der Waals surface area contributed by atoms with Crippen molar-refractivity contribution in [2.45, 2.75) is 71.9 Å². The Labute approximate surface area is 209 Å². The number of carbonyl (C=O) groups excluding carboxylic acids is 1. The predicted octanol–water partition coefficient (Wildman–Crippen LogP) is 3.74. The number of nitrogens with one attached hydrogen (secondary N) is 1. The Kier molecular flexibility index (Phi) is 14.2. The van der Waals surface area contributed by atoms with Gasteiger partial charge >= 0.3 is 5.97 Å². The van der Waals surface area contributed by atoms with Crippen LogP contribution in [-0.2, 0) is 26.0 Å². The fourth-order valence-corrected chi connectivity index (χ4v) is 5.35. The van der Waals surface area contributed by atoms with Crippen LogP contribution >= 0.6 is 11.6 Å². The van der Waals surface area contributed by atoms with Gasteiger partial charge in [0.15, 0.2) is 0 Å². The maximum atomic E-state index is 13.7. The Balaban J connectivity index is 2.81. The molecule has 0 unspecified atom stereocenters. The summed E-state index contributed by atoms with van der Waals surface area (Å²) in [5.74, 6) is -0.892. The molecule has 0 aromatic heterocycles. The van der Waals surface area contributed by atoms with Gasteiger partial charge in [0.25, 0.3) is 0 Å². The van der Waals surface area contributed by atoms with Crippen LogP contribution in [-0.4, -0.2) is 62.8 Å². The van der Waals surface area contributed by atoms with Crippen LogP contribution < -0.4 is 11.1 Å². The molecule has 0 spiro atoms. The van der Waals surface area contributed by atoms with Gasteiger partial charge in [0.05, 0.1) is 12.2 Å². The van der Waals surface area contributed by atoms with Crippen LogP contribution in [0.25, 0.3) is 0 Å². The minimum Gasteiger partial charge on any atom is -0.459 e. The third kappa shape index (κ3) is 11.9. The number of hydrogen-bond acceptors (Lipinski definition) is 6. The van der Waals surface area contributed by atoms with Gasteiger partial charge in [-0.2, -0.15) is 0 Å². The Morgan fingerprint density at radius 1 is 1.21 bits per heavy atom. The molecular weight excluding hydrogens is 481 g/mol. The molecule has 0 heterocycles. The molecule has 0 fully saturated rings. The Bertz CT molecular complexity index is 828. The summed E-state index contributed by atoms with van der Waals surface area (Å²) >= 11 is 5.94. The molecule has 7 nitrogen and oxygen atoms in total. The highest BCUT2D eigenvalue weighted by Crippen LogP contribution is 2.17. The number of carbonyl (C=O) groups is 1. The predicted molar refractivity (Wildman–Crippen MR) is 136 cm³/mol. The molecule has 0 saturated carbocycles. The lowest BCUT2D eigenvalue weighted by Crippen LogP contribution is -2.46. The number of esters is 1. The normalized spacial score (nSPS) is 13.9. The van der Waals surface area contributed by atoms with Crippen LogP contribution in [0.2, 0.25) is 5.02 Å². The second-order valence-corrected chi connectivity index (χ2v) is 11.6. The lowest BCUT2D eigenvalue weighted by Gasteiger charge is -2.25. The molecule has 196 valence electrons. The number of ether oxygens (including phenoxy) is 1. The smallest absolute Gasteiger partial charge is 0.307 e. The van der Waals surface area contributed by atoms with Crippen molar-refractivity contribution in [2.24, 2.45) is 11.7 Å². The van der Waals surface area contributed by atoms with E-state index < -0.39 is 34.0 Å². The molecule has 34 heavy (non-hydrogen) atoms. The molecular formula is C24H41ClFN3O4S. The van der Waals surface area contributed by atoms with Gasteiger partial charge in [-0.25, -0.2) is 17.1 Å². The maximum absolute atomic E-state index is 13.7. The van der Waals surface area contributed by atoms with Gasteiger partial charge in [0.2, 0.25) is 10.0 Å². The van der Waals surface area contributed by atoms with Crippen LogP contribution in [0.5, 0.6) is 0 Å². The molecule has 0 aliphatic rings. The van der Waals surface area contributed by atoms with Crippen molar-refractivity contribution >= 4 is 27.6 Å². The van der Waals surface area contributed by atoms with Gasteiger partial charge in [-0.05, 0) is 61.9 Å². The quantitative estimate of drug-likeness (QED) is 0.239. The molecule has 0 saturated heterocycles. The third-order valence-electron chi connectivity index (χ3n) is 5.30. The first-order chi connectivity index (χ1) is 16.0. The van der Waals surface area contributed by atoms with Gasteiger partial charge < -0.3 is 15.8 Å². The van der Waals surface area contributed by atoms with E-state index in [0.29, 0.717) is 44.0 Å². The van der Waals surface area contributed by atoms with E-state index in [4.69, 9.17) is 22.1 Å². The highest BCUT2D eigenvalue weighted by molar-refractivity contribution is 7.89. The van der Waals surface area contributed by atoms with Gasteiger partial charge in [-0.15, -0.1) is 0 Å². The summed E-state index contributed by atoms with van der Waals surface area (Å²) in [5, 5.41) is 3.52. The van der Waals surface area contributed by atoms with Crippen LogP contribution in [0, 0.1) is 11.7 Å². The first-order valence-corrected chi connectivity index (χ1v) is 14.1. The summed E-state index contributed by atoms with van der Waals surface area (Å²) in [6.07, 6.45) is 1.64. The minimum absolute atomic E-state index is 0.250. The van der Waals surface area contributed by atoms with Gasteiger partial charge in [-0.3, -0.25) is 4.79 Å². The number of nitrogens with zero attached hydrogens (tertiary/aromatic N) is 1. The molecule has 2 atom stereocenters. The third-order valence-corrected chi connectivity index (χ3v) is 7.39. The summed E-state index contributed by atoms with van der Waals surface area (Å²) in [6.45, 7) is 9.93. The zero-order valence-electron chi connectivity index (χ0n) is 20.9. The van der Waals surface area contributed by atoms with Crippen LogP contribution in [0.15, 0.2) is 18.2 Å².